The zero-order valence-electron chi connectivity index (χ0n) is 19.9. The number of nitrogens with zero attached hydrogens (tertiary/aromatic N) is 2. The van der Waals surface area contributed by atoms with Crippen molar-refractivity contribution in [3.8, 4) is 11.6 Å². The summed E-state index contributed by atoms with van der Waals surface area (Å²) in [5, 5.41) is 16.2. The number of anilines is 1. The highest BCUT2D eigenvalue weighted by atomic mass is 16.6. The summed E-state index contributed by atoms with van der Waals surface area (Å²) in [5.41, 5.74) is 1.53. The molecule has 1 atom stereocenters. The van der Waals surface area contributed by atoms with E-state index >= 15 is 0 Å². The summed E-state index contributed by atoms with van der Waals surface area (Å²) >= 11 is 0. The molecule has 0 fully saturated rings. The molecule has 1 unspecified atom stereocenters. The highest BCUT2D eigenvalue weighted by molar-refractivity contribution is 5.89. The lowest BCUT2D eigenvalue weighted by atomic mass is 10.1. The standard InChI is InChI=1S/C25H28N4O6/c1-25(2,3)35-24(32)26-14-19-13-21(28-15-27-19)34-20-7-5-6-17(12-20)22(30)29-18-10-8-16(9-11-18)23(31)33-4/h5-13,15,22,29-30H,14H2,1-4H3,(H,26,32). The molecule has 10 nitrogen and oxygen atoms in total. The minimum absolute atomic E-state index is 0.144. The minimum atomic E-state index is -1.03. The number of aliphatic hydroxyl groups is 1. The zero-order chi connectivity index (χ0) is 25.4. The number of amides is 1. The van der Waals surface area contributed by atoms with Gasteiger partial charge in [0.2, 0.25) is 5.88 Å². The number of hydrogen-bond acceptors (Lipinski definition) is 9. The second-order valence-corrected chi connectivity index (χ2v) is 8.49. The third-order valence-corrected chi connectivity index (χ3v) is 4.52. The van der Waals surface area contributed by atoms with Gasteiger partial charge >= 0.3 is 12.1 Å². The third-order valence-electron chi connectivity index (χ3n) is 4.52. The summed E-state index contributed by atoms with van der Waals surface area (Å²) in [6.45, 7) is 5.49. The molecule has 1 amide bonds. The van der Waals surface area contributed by atoms with Crippen LogP contribution in [0.4, 0.5) is 10.5 Å². The summed E-state index contributed by atoms with van der Waals surface area (Å²) < 4.78 is 15.7. The van der Waals surface area contributed by atoms with Crippen molar-refractivity contribution in [1.29, 1.82) is 0 Å². The van der Waals surface area contributed by atoms with Gasteiger partial charge in [0.25, 0.3) is 0 Å². The van der Waals surface area contributed by atoms with E-state index in [4.69, 9.17) is 9.47 Å². The molecule has 184 valence electrons. The van der Waals surface area contributed by atoms with Crippen molar-refractivity contribution in [2.24, 2.45) is 0 Å². The molecule has 10 heteroatoms. The molecule has 3 N–H and O–H groups in total. The fraction of sp³-hybridized carbons (Fsp3) is 0.280. The van der Waals surface area contributed by atoms with E-state index in [0.717, 1.165) is 0 Å². The van der Waals surface area contributed by atoms with E-state index in [-0.39, 0.29) is 12.4 Å². The molecule has 0 aliphatic carbocycles. The number of aromatic nitrogens is 2. The minimum Gasteiger partial charge on any atom is -0.465 e. The first-order valence-electron chi connectivity index (χ1n) is 10.8. The average molecular weight is 481 g/mol. The Morgan fingerprint density at radius 1 is 1.06 bits per heavy atom. The van der Waals surface area contributed by atoms with Crippen molar-refractivity contribution in [1.82, 2.24) is 15.3 Å². The second-order valence-electron chi connectivity index (χ2n) is 8.49. The van der Waals surface area contributed by atoms with Gasteiger partial charge in [-0.1, -0.05) is 12.1 Å². The van der Waals surface area contributed by atoms with Crippen LogP contribution in [0.1, 0.15) is 48.6 Å². The first-order chi connectivity index (χ1) is 16.6. The van der Waals surface area contributed by atoms with Gasteiger partial charge in [-0.05, 0) is 57.2 Å². The molecule has 1 heterocycles. The molecule has 1 aromatic heterocycles. The Bertz CT molecular complexity index is 1160. The molecule has 35 heavy (non-hydrogen) atoms. The Morgan fingerprint density at radius 3 is 2.49 bits per heavy atom. The maximum Gasteiger partial charge on any atom is 0.407 e. The van der Waals surface area contributed by atoms with Gasteiger partial charge in [-0.3, -0.25) is 0 Å². The van der Waals surface area contributed by atoms with Crippen molar-refractivity contribution >= 4 is 17.7 Å². The first-order valence-corrected chi connectivity index (χ1v) is 10.8. The Hall–Kier alpha value is -4.18. The number of nitrogens with one attached hydrogen (secondary N) is 2. The van der Waals surface area contributed by atoms with Crippen LogP contribution in [0, 0.1) is 0 Å². The number of carbonyl (C=O) groups is 2. The van der Waals surface area contributed by atoms with Gasteiger partial charge in [0.05, 0.1) is 24.9 Å². The van der Waals surface area contributed by atoms with Crippen LogP contribution in [-0.2, 0) is 16.0 Å². The largest absolute Gasteiger partial charge is 0.465 e. The maximum atomic E-state index is 11.8. The number of alkyl carbamates (subject to hydrolysis) is 1. The molecule has 0 aliphatic heterocycles. The molecule has 3 aromatic rings. The topological polar surface area (TPSA) is 132 Å². The Balaban J connectivity index is 1.61. The number of carbonyl (C=O) groups excluding carboxylic acids is 2. The van der Waals surface area contributed by atoms with Crippen LogP contribution in [0.15, 0.2) is 60.9 Å². The van der Waals surface area contributed by atoms with Crippen LogP contribution in [0.25, 0.3) is 0 Å². The van der Waals surface area contributed by atoms with Gasteiger partial charge in [-0.2, -0.15) is 0 Å². The molecule has 2 aromatic carbocycles. The van der Waals surface area contributed by atoms with Crippen molar-refractivity contribution in [3.05, 3.63) is 77.7 Å². The molecule has 0 spiro atoms. The van der Waals surface area contributed by atoms with Gasteiger partial charge in [0, 0.05) is 17.3 Å². The van der Waals surface area contributed by atoms with E-state index < -0.39 is 23.9 Å². The van der Waals surface area contributed by atoms with Crippen molar-refractivity contribution in [3.63, 3.8) is 0 Å². The van der Waals surface area contributed by atoms with Crippen LogP contribution in [0.2, 0.25) is 0 Å². The summed E-state index contributed by atoms with van der Waals surface area (Å²) in [6.07, 6.45) is -0.242. The normalized spacial score (nSPS) is 11.8. The van der Waals surface area contributed by atoms with Crippen LogP contribution in [0.3, 0.4) is 0 Å². The lowest BCUT2D eigenvalue weighted by Gasteiger charge is -2.19. The molecule has 0 saturated heterocycles. The first kappa shape index (κ1) is 25.4. The fourth-order valence-electron chi connectivity index (χ4n) is 2.94. The third kappa shape index (κ3) is 7.97. The van der Waals surface area contributed by atoms with E-state index in [9.17, 15) is 14.7 Å². The smallest absolute Gasteiger partial charge is 0.407 e. The van der Waals surface area contributed by atoms with E-state index in [2.05, 4.69) is 25.3 Å². The highest BCUT2D eigenvalue weighted by Gasteiger charge is 2.16. The quantitative estimate of drug-likeness (QED) is 0.321. The lowest BCUT2D eigenvalue weighted by molar-refractivity contribution is 0.0521. The SMILES string of the molecule is COC(=O)c1ccc(NC(O)c2cccc(Oc3cc(CNC(=O)OC(C)(C)C)ncn3)c2)cc1. The van der Waals surface area contributed by atoms with Crippen LogP contribution in [-0.4, -0.2) is 39.8 Å². The number of hydrogen-bond donors (Lipinski definition) is 3. The van der Waals surface area contributed by atoms with Gasteiger partial charge < -0.3 is 30.0 Å². The summed E-state index contributed by atoms with van der Waals surface area (Å²) in [6, 6.07) is 15.0. The molecule has 0 aliphatic rings. The van der Waals surface area contributed by atoms with E-state index in [1.54, 1.807) is 75.4 Å². The van der Waals surface area contributed by atoms with Crippen LogP contribution < -0.4 is 15.4 Å². The van der Waals surface area contributed by atoms with E-state index in [1.807, 2.05) is 0 Å². The molecular formula is C25H28N4O6. The molecule has 0 radical (unpaired) electrons. The van der Waals surface area contributed by atoms with E-state index in [1.165, 1.54) is 13.4 Å². The lowest BCUT2D eigenvalue weighted by Crippen LogP contribution is -2.32. The Morgan fingerprint density at radius 2 is 1.80 bits per heavy atom. The van der Waals surface area contributed by atoms with Gasteiger partial charge in [-0.25, -0.2) is 19.6 Å². The maximum absolute atomic E-state index is 11.8. The van der Waals surface area contributed by atoms with Gasteiger partial charge in [0.15, 0.2) is 6.23 Å². The Labute approximate surface area is 203 Å². The van der Waals surface area contributed by atoms with Crippen molar-refractivity contribution in [2.75, 3.05) is 12.4 Å². The number of benzene rings is 2. The summed E-state index contributed by atoms with van der Waals surface area (Å²) in [5.74, 6) is 0.295. The Kier molecular flexibility index (Phi) is 8.21. The predicted octanol–water partition coefficient (Wildman–Crippen LogP) is 4.18. The van der Waals surface area contributed by atoms with Crippen molar-refractivity contribution in [2.45, 2.75) is 39.1 Å². The molecule has 0 saturated carbocycles. The summed E-state index contributed by atoms with van der Waals surface area (Å²) in [7, 11) is 1.32. The number of rotatable bonds is 8. The zero-order valence-corrected chi connectivity index (χ0v) is 19.9. The number of aliphatic hydroxyl groups excluding tert-OH is 1. The van der Waals surface area contributed by atoms with Crippen LogP contribution in [0.5, 0.6) is 11.6 Å². The molecular weight excluding hydrogens is 452 g/mol. The van der Waals surface area contributed by atoms with Crippen molar-refractivity contribution < 1.29 is 28.9 Å². The number of esters is 1. The van der Waals surface area contributed by atoms with Gasteiger partial charge in [-0.15, -0.1) is 0 Å². The van der Waals surface area contributed by atoms with Gasteiger partial charge in [0.1, 0.15) is 17.7 Å². The van der Waals surface area contributed by atoms with Crippen LogP contribution >= 0.6 is 0 Å². The number of ether oxygens (including phenoxy) is 3. The van der Waals surface area contributed by atoms with E-state index in [0.29, 0.717) is 28.3 Å². The summed E-state index contributed by atoms with van der Waals surface area (Å²) in [4.78, 5) is 31.6. The number of methoxy groups -OCH3 is 1. The average Bonchev–Trinajstić information content (AvgIpc) is 2.82. The monoisotopic (exact) mass is 480 g/mol. The molecule has 0 bridgehead atoms. The molecule has 3 rings (SSSR count). The fourth-order valence-corrected chi connectivity index (χ4v) is 2.94. The predicted molar refractivity (Wildman–Crippen MR) is 128 cm³/mol. The highest BCUT2D eigenvalue weighted by Crippen LogP contribution is 2.25. The second kappa shape index (κ2) is 11.3.